The van der Waals surface area contributed by atoms with Gasteiger partial charge in [0.25, 0.3) is 5.78 Å². The van der Waals surface area contributed by atoms with Crippen molar-refractivity contribution in [3.63, 3.8) is 0 Å². The van der Waals surface area contributed by atoms with E-state index in [0.29, 0.717) is 29.4 Å². The van der Waals surface area contributed by atoms with Crippen LogP contribution in [-0.2, 0) is 9.47 Å². The molecular formula is C8H6F3NO3S. The van der Waals surface area contributed by atoms with Gasteiger partial charge in [-0.1, -0.05) is 0 Å². The highest BCUT2D eigenvalue weighted by Crippen LogP contribution is 2.30. The second kappa shape index (κ2) is 4.11. The molecule has 1 aliphatic rings. The number of alkyl halides is 3. The molecule has 0 N–H and O–H groups in total. The van der Waals surface area contributed by atoms with Gasteiger partial charge in [0.05, 0.1) is 18.1 Å². The Morgan fingerprint density at radius 1 is 1.44 bits per heavy atom. The average molecular weight is 253 g/mol. The van der Waals surface area contributed by atoms with Crippen LogP contribution in [0.2, 0.25) is 0 Å². The van der Waals surface area contributed by atoms with Crippen molar-refractivity contribution in [1.82, 2.24) is 4.98 Å². The van der Waals surface area contributed by atoms with Crippen LogP contribution in [0.5, 0.6) is 0 Å². The fraction of sp³-hybridized carbons (Fsp3) is 0.500. The average Bonchev–Trinajstić information content (AvgIpc) is 2.85. The van der Waals surface area contributed by atoms with E-state index in [1.165, 1.54) is 6.20 Å². The van der Waals surface area contributed by atoms with Crippen molar-refractivity contribution < 1.29 is 27.4 Å². The predicted octanol–water partition coefficient (Wildman–Crippen LogP) is 1.93. The van der Waals surface area contributed by atoms with Crippen LogP contribution >= 0.6 is 11.3 Å². The Morgan fingerprint density at radius 2 is 2.06 bits per heavy atom. The molecule has 0 atom stereocenters. The van der Waals surface area contributed by atoms with Crippen LogP contribution in [0.4, 0.5) is 13.2 Å². The molecule has 16 heavy (non-hydrogen) atoms. The lowest BCUT2D eigenvalue weighted by Gasteiger charge is -2.04. The summed E-state index contributed by atoms with van der Waals surface area (Å²) in [6, 6.07) is 0. The van der Waals surface area contributed by atoms with E-state index in [1.54, 1.807) is 0 Å². The van der Waals surface area contributed by atoms with E-state index >= 15 is 0 Å². The van der Waals surface area contributed by atoms with Crippen molar-refractivity contribution >= 4 is 17.1 Å². The molecule has 4 nitrogen and oxygen atoms in total. The van der Waals surface area contributed by atoms with Gasteiger partial charge in [0.15, 0.2) is 11.3 Å². The second-order valence-electron chi connectivity index (χ2n) is 2.97. The summed E-state index contributed by atoms with van der Waals surface area (Å²) in [5.41, 5.74) is 0. The molecule has 2 rings (SSSR count). The minimum atomic E-state index is -4.90. The van der Waals surface area contributed by atoms with E-state index in [-0.39, 0.29) is 0 Å². The summed E-state index contributed by atoms with van der Waals surface area (Å²) in [5, 5.41) is -0.596. The summed E-state index contributed by atoms with van der Waals surface area (Å²) in [6.45, 7) is 0.760. The molecule has 0 bridgehead atoms. The van der Waals surface area contributed by atoms with Crippen LogP contribution in [-0.4, -0.2) is 30.2 Å². The van der Waals surface area contributed by atoms with Crippen LogP contribution < -0.4 is 0 Å². The minimum absolute atomic E-state index is 0.366. The third kappa shape index (κ3) is 2.23. The fourth-order valence-corrected chi connectivity index (χ4v) is 2.02. The molecule has 88 valence electrons. The maximum Gasteiger partial charge on any atom is 0.457 e. The monoisotopic (exact) mass is 253 g/mol. The molecule has 1 aromatic heterocycles. The number of nitrogens with zero attached hydrogens (tertiary/aromatic N) is 1. The van der Waals surface area contributed by atoms with Gasteiger partial charge >= 0.3 is 6.18 Å². The highest BCUT2D eigenvalue weighted by molar-refractivity contribution is 7.13. The topological polar surface area (TPSA) is 48.4 Å². The third-order valence-corrected chi connectivity index (χ3v) is 2.85. The van der Waals surface area contributed by atoms with Crippen molar-refractivity contribution in [3.8, 4) is 0 Å². The highest BCUT2D eigenvalue weighted by atomic mass is 32.1. The van der Waals surface area contributed by atoms with E-state index in [1.807, 2.05) is 0 Å². The van der Waals surface area contributed by atoms with Crippen LogP contribution in [0.3, 0.4) is 0 Å². The first-order valence-corrected chi connectivity index (χ1v) is 5.10. The number of ether oxygens (including phenoxy) is 2. The zero-order chi connectivity index (χ0) is 11.8. The molecule has 0 aromatic carbocycles. The highest BCUT2D eigenvalue weighted by Gasteiger charge is 2.41. The Morgan fingerprint density at radius 3 is 2.62 bits per heavy atom. The molecule has 0 unspecified atom stereocenters. The number of rotatable bonds is 2. The molecule has 0 spiro atoms. The lowest BCUT2D eigenvalue weighted by Crippen LogP contribution is -2.22. The van der Waals surface area contributed by atoms with Gasteiger partial charge in [-0.25, -0.2) is 4.98 Å². The van der Waals surface area contributed by atoms with E-state index in [0.717, 1.165) is 0 Å². The van der Waals surface area contributed by atoms with Crippen molar-refractivity contribution in [2.75, 3.05) is 13.2 Å². The molecule has 1 aliphatic heterocycles. The van der Waals surface area contributed by atoms with Crippen LogP contribution in [0.25, 0.3) is 0 Å². The predicted molar refractivity (Wildman–Crippen MR) is 47.1 cm³/mol. The number of Topliss-reactive ketones (excluding diaryl/α,β-unsaturated/α-hetero) is 1. The first-order valence-electron chi connectivity index (χ1n) is 4.29. The van der Waals surface area contributed by atoms with Crippen molar-refractivity contribution in [2.45, 2.75) is 12.5 Å². The van der Waals surface area contributed by atoms with Crippen molar-refractivity contribution in [3.05, 3.63) is 16.1 Å². The van der Waals surface area contributed by atoms with E-state index in [2.05, 4.69) is 4.98 Å². The van der Waals surface area contributed by atoms with Gasteiger partial charge in [-0.3, -0.25) is 4.79 Å². The Bertz CT molecular complexity index is 397. The van der Waals surface area contributed by atoms with E-state index in [9.17, 15) is 18.0 Å². The molecule has 1 aromatic rings. The van der Waals surface area contributed by atoms with Crippen LogP contribution in [0, 0.1) is 0 Å². The standard InChI is InChI=1S/C8H6F3NO3S/c9-8(10,11)5(13)6-12-3-4(16-6)7-14-1-2-15-7/h3,7H,1-2H2. The first kappa shape index (κ1) is 11.5. The summed E-state index contributed by atoms with van der Waals surface area (Å²) >= 11 is 0.634. The molecule has 8 heteroatoms. The summed E-state index contributed by atoms with van der Waals surface area (Å²) in [7, 11) is 0. The smallest absolute Gasteiger partial charge is 0.345 e. The molecule has 2 heterocycles. The third-order valence-electron chi connectivity index (χ3n) is 1.83. The Hall–Kier alpha value is -0.990. The van der Waals surface area contributed by atoms with Gasteiger partial charge in [-0.15, -0.1) is 11.3 Å². The van der Waals surface area contributed by atoms with Crippen molar-refractivity contribution in [1.29, 1.82) is 0 Å². The van der Waals surface area contributed by atoms with Crippen LogP contribution in [0.15, 0.2) is 6.20 Å². The number of carbonyl (C=O) groups is 1. The van der Waals surface area contributed by atoms with Gasteiger partial charge < -0.3 is 9.47 Å². The molecule has 0 saturated carbocycles. The van der Waals surface area contributed by atoms with Gasteiger partial charge in [0, 0.05) is 6.20 Å². The maximum atomic E-state index is 12.1. The summed E-state index contributed by atoms with van der Waals surface area (Å²) in [4.78, 5) is 14.6. The molecule has 1 saturated heterocycles. The Labute approximate surface area is 92.0 Å². The van der Waals surface area contributed by atoms with Gasteiger partial charge in [-0.05, 0) is 0 Å². The number of hydrogen-bond acceptors (Lipinski definition) is 5. The van der Waals surface area contributed by atoms with Gasteiger partial charge in [0.2, 0.25) is 0 Å². The largest absolute Gasteiger partial charge is 0.457 e. The number of carbonyl (C=O) groups excluding carboxylic acids is 1. The number of thiazole rings is 1. The minimum Gasteiger partial charge on any atom is -0.345 e. The van der Waals surface area contributed by atoms with Gasteiger partial charge in [0.1, 0.15) is 0 Å². The summed E-state index contributed by atoms with van der Waals surface area (Å²) in [6.07, 6.45) is -4.43. The number of ketones is 1. The summed E-state index contributed by atoms with van der Waals surface area (Å²) in [5.74, 6) is -1.94. The van der Waals surface area contributed by atoms with E-state index < -0.39 is 23.3 Å². The molecule has 0 aliphatic carbocycles. The maximum absolute atomic E-state index is 12.1. The number of aromatic nitrogens is 1. The molecule has 0 radical (unpaired) electrons. The number of halogens is 3. The summed E-state index contributed by atoms with van der Waals surface area (Å²) < 4.78 is 46.4. The van der Waals surface area contributed by atoms with Crippen LogP contribution in [0.1, 0.15) is 21.0 Å². The lowest BCUT2D eigenvalue weighted by molar-refractivity contribution is -0.0885. The fourth-order valence-electron chi connectivity index (χ4n) is 1.14. The second-order valence-corrected chi connectivity index (χ2v) is 4.03. The normalized spacial score (nSPS) is 17.9. The van der Waals surface area contributed by atoms with E-state index in [4.69, 9.17) is 9.47 Å². The first-order chi connectivity index (χ1) is 7.48. The Kier molecular flexibility index (Phi) is 2.96. The molecule has 1 fully saturated rings. The SMILES string of the molecule is O=C(c1ncc(C2OCCO2)s1)C(F)(F)F. The zero-order valence-corrected chi connectivity index (χ0v) is 8.60. The zero-order valence-electron chi connectivity index (χ0n) is 7.78. The number of hydrogen-bond donors (Lipinski definition) is 0. The molecular weight excluding hydrogens is 247 g/mol. The quantitative estimate of drug-likeness (QED) is 0.756. The Balaban J connectivity index is 2.16. The van der Waals surface area contributed by atoms with Gasteiger partial charge in [-0.2, -0.15) is 13.2 Å². The molecule has 0 amide bonds. The lowest BCUT2D eigenvalue weighted by atomic mass is 10.4. The van der Waals surface area contributed by atoms with Crippen molar-refractivity contribution in [2.24, 2.45) is 0 Å².